The summed E-state index contributed by atoms with van der Waals surface area (Å²) in [6.07, 6.45) is 0.865. The highest BCUT2D eigenvalue weighted by Crippen LogP contribution is 2.15. The molecule has 1 aromatic rings. The van der Waals surface area contributed by atoms with Gasteiger partial charge in [-0.1, -0.05) is 12.1 Å². The van der Waals surface area contributed by atoms with Crippen molar-refractivity contribution in [3.05, 3.63) is 29.8 Å². The van der Waals surface area contributed by atoms with Crippen LogP contribution in [-0.2, 0) is 20.8 Å². The monoisotopic (exact) mass is 577 g/mol. The zero-order valence-electron chi connectivity index (χ0n) is 20.2. The van der Waals surface area contributed by atoms with E-state index in [2.05, 4.69) is 33.4 Å². The minimum Gasteiger partial charge on any atom is -0.493 e. The van der Waals surface area contributed by atoms with E-state index < -0.39 is 0 Å². The Morgan fingerprint density at radius 3 is 2.52 bits per heavy atom. The van der Waals surface area contributed by atoms with Gasteiger partial charge in [0, 0.05) is 66.5 Å². The maximum absolute atomic E-state index is 12.0. The number of carbonyl (C=O) groups is 1. The predicted octanol–water partition coefficient (Wildman–Crippen LogP) is 1.57. The summed E-state index contributed by atoms with van der Waals surface area (Å²) in [5.41, 5.74) is 1.11. The Morgan fingerprint density at radius 1 is 1.06 bits per heavy atom. The number of hydrogen-bond donors (Lipinski definition) is 2. The molecule has 0 bridgehead atoms. The minimum absolute atomic E-state index is 0. The Balaban J connectivity index is 0.00000544. The Kier molecular flexibility index (Phi) is 15.9. The van der Waals surface area contributed by atoms with E-state index in [4.69, 9.17) is 19.2 Å². The number of guanidine groups is 1. The second-order valence-corrected chi connectivity index (χ2v) is 7.62. The quantitative estimate of drug-likeness (QED) is 0.159. The van der Waals surface area contributed by atoms with E-state index in [1.807, 2.05) is 18.2 Å². The summed E-state index contributed by atoms with van der Waals surface area (Å²) in [6.45, 7) is 9.62. The van der Waals surface area contributed by atoms with Gasteiger partial charge in [0.05, 0.1) is 26.3 Å². The fraction of sp³-hybridized carbons (Fsp3) is 0.652. The number of rotatable bonds is 13. The first kappa shape index (κ1) is 29.4. The molecule has 1 aliphatic rings. The van der Waals surface area contributed by atoms with Crippen molar-refractivity contribution in [2.75, 3.05) is 79.9 Å². The lowest BCUT2D eigenvalue weighted by Gasteiger charge is -2.36. The number of benzene rings is 1. The third-order valence-corrected chi connectivity index (χ3v) is 5.07. The average Bonchev–Trinajstić information content (AvgIpc) is 2.80. The SMILES string of the molecule is CCNC(=NCc1cccc(OCCCOC)c1)N1CCN(CC(=O)NCCOC)CC1.I. The van der Waals surface area contributed by atoms with Gasteiger partial charge in [0.1, 0.15) is 5.75 Å². The molecular formula is C23H40IN5O4. The van der Waals surface area contributed by atoms with Crippen molar-refractivity contribution in [2.45, 2.75) is 19.9 Å². The minimum atomic E-state index is 0. The number of carbonyl (C=O) groups excluding carboxylic acids is 1. The zero-order valence-corrected chi connectivity index (χ0v) is 22.5. The molecule has 1 fully saturated rings. The molecule has 33 heavy (non-hydrogen) atoms. The summed E-state index contributed by atoms with van der Waals surface area (Å²) in [5, 5.41) is 6.27. The van der Waals surface area contributed by atoms with E-state index in [1.54, 1.807) is 14.2 Å². The van der Waals surface area contributed by atoms with E-state index >= 15 is 0 Å². The average molecular weight is 578 g/mol. The molecule has 1 amide bonds. The third kappa shape index (κ3) is 11.9. The van der Waals surface area contributed by atoms with Crippen LogP contribution in [0.2, 0.25) is 0 Å². The number of halogens is 1. The summed E-state index contributed by atoms with van der Waals surface area (Å²) < 4.78 is 15.8. The van der Waals surface area contributed by atoms with Crippen LogP contribution in [0.1, 0.15) is 18.9 Å². The number of nitrogens with zero attached hydrogens (tertiary/aromatic N) is 3. The van der Waals surface area contributed by atoms with Crippen LogP contribution in [-0.4, -0.2) is 102 Å². The Bertz CT molecular complexity index is 699. The molecule has 2 rings (SSSR count). The Labute approximate surface area is 215 Å². The fourth-order valence-electron chi connectivity index (χ4n) is 3.39. The van der Waals surface area contributed by atoms with Crippen LogP contribution in [0, 0.1) is 0 Å². The van der Waals surface area contributed by atoms with Gasteiger partial charge in [-0.15, -0.1) is 24.0 Å². The molecule has 2 N–H and O–H groups in total. The number of aliphatic imine (C=N–C) groups is 1. The first-order valence-corrected chi connectivity index (χ1v) is 11.4. The van der Waals surface area contributed by atoms with Gasteiger partial charge < -0.3 is 29.7 Å². The summed E-state index contributed by atoms with van der Waals surface area (Å²) in [7, 11) is 3.32. The van der Waals surface area contributed by atoms with Crippen LogP contribution in [0.5, 0.6) is 5.75 Å². The lowest BCUT2D eigenvalue weighted by Crippen LogP contribution is -2.54. The number of ether oxygens (including phenoxy) is 3. The third-order valence-electron chi connectivity index (χ3n) is 5.07. The van der Waals surface area contributed by atoms with E-state index in [0.29, 0.717) is 39.5 Å². The van der Waals surface area contributed by atoms with Crippen molar-refractivity contribution in [3.63, 3.8) is 0 Å². The van der Waals surface area contributed by atoms with Gasteiger partial charge in [0.25, 0.3) is 0 Å². The van der Waals surface area contributed by atoms with Gasteiger partial charge in [-0.05, 0) is 24.6 Å². The summed E-state index contributed by atoms with van der Waals surface area (Å²) in [6, 6.07) is 8.07. The highest BCUT2D eigenvalue weighted by atomic mass is 127. The van der Waals surface area contributed by atoms with Crippen LogP contribution in [0.4, 0.5) is 0 Å². The first-order valence-electron chi connectivity index (χ1n) is 11.4. The maximum Gasteiger partial charge on any atom is 0.234 e. The van der Waals surface area contributed by atoms with Crippen molar-refractivity contribution in [1.82, 2.24) is 20.4 Å². The molecule has 0 aliphatic carbocycles. The lowest BCUT2D eigenvalue weighted by molar-refractivity contribution is -0.122. The van der Waals surface area contributed by atoms with Crippen LogP contribution < -0.4 is 15.4 Å². The van der Waals surface area contributed by atoms with Gasteiger partial charge in [0.2, 0.25) is 5.91 Å². The number of nitrogens with one attached hydrogen (secondary N) is 2. The molecule has 0 radical (unpaired) electrons. The van der Waals surface area contributed by atoms with Crippen molar-refractivity contribution in [1.29, 1.82) is 0 Å². The van der Waals surface area contributed by atoms with Crippen LogP contribution >= 0.6 is 24.0 Å². The van der Waals surface area contributed by atoms with Crippen molar-refractivity contribution in [2.24, 2.45) is 4.99 Å². The number of hydrogen-bond acceptors (Lipinski definition) is 6. The highest BCUT2D eigenvalue weighted by Gasteiger charge is 2.21. The molecule has 188 valence electrons. The molecule has 0 spiro atoms. The molecule has 1 heterocycles. The second-order valence-electron chi connectivity index (χ2n) is 7.62. The smallest absolute Gasteiger partial charge is 0.234 e. The maximum atomic E-state index is 12.0. The normalized spacial score (nSPS) is 14.5. The molecule has 9 nitrogen and oxygen atoms in total. The van der Waals surface area contributed by atoms with Gasteiger partial charge in [-0.3, -0.25) is 9.69 Å². The molecule has 0 aromatic heterocycles. The highest BCUT2D eigenvalue weighted by molar-refractivity contribution is 14.0. The Hall–Kier alpha value is -1.63. The summed E-state index contributed by atoms with van der Waals surface area (Å²) in [4.78, 5) is 21.3. The molecule has 1 aromatic carbocycles. The summed E-state index contributed by atoms with van der Waals surface area (Å²) >= 11 is 0. The van der Waals surface area contributed by atoms with Gasteiger partial charge in [-0.2, -0.15) is 0 Å². The first-order chi connectivity index (χ1) is 15.7. The molecule has 1 saturated heterocycles. The molecule has 0 unspecified atom stereocenters. The topological polar surface area (TPSA) is 87.7 Å². The summed E-state index contributed by atoms with van der Waals surface area (Å²) in [5.74, 6) is 1.81. The zero-order chi connectivity index (χ0) is 23.0. The standard InChI is InChI=1S/C23H39N5O4.HI/c1-4-24-23(26-18-20-7-5-8-21(17-20)32-15-6-14-30-2)28-12-10-27(11-13-28)19-22(29)25-9-16-31-3;/h5,7-8,17H,4,6,9-16,18-19H2,1-3H3,(H,24,26)(H,25,29);1H. The van der Waals surface area contributed by atoms with Crippen molar-refractivity contribution in [3.8, 4) is 5.75 Å². The number of amides is 1. The Morgan fingerprint density at radius 2 is 1.82 bits per heavy atom. The van der Waals surface area contributed by atoms with E-state index in [-0.39, 0.29) is 29.9 Å². The predicted molar refractivity (Wildman–Crippen MR) is 142 cm³/mol. The van der Waals surface area contributed by atoms with Gasteiger partial charge >= 0.3 is 0 Å². The van der Waals surface area contributed by atoms with Crippen molar-refractivity contribution < 1.29 is 19.0 Å². The number of methoxy groups -OCH3 is 2. The number of piperazine rings is 1. The van der Waals surface area contributed by atoms with E-state index in [9.17, 15) is 4.79 Å². The van der Waals surface area contributed by atoms with Crippen LogP contribution in [0.15, 0.2) is 29.3 Å². The van der Waals surface area contributed by atoms with E-state index in [0.717, 1.165) is 56.4 Å². The fourth-order valence-corrected chi connectivity index (χ4v) is 3.39. The van der Waals surface area contributed by atoms with Gasteiger partial charge in [0.15, 0.2) is 5.96 Å². The largest absolute Gasteiger partial charge is 0.493 e. The molecule has 1 aliphatic heterocycles. The lowest BCUT2D eigenvalue weighted by atomic mass is 10.2. The second kappa shape index (κ2) is 17.8. The van der Waals surface area contributed by atoms with Gasteiger partial charge in [-0.25, -0.2) is 4.99 Å². The van der Waals surface area contributed by atoms with E-state index in [1.165, 1.54) is 0 Å². The van der Waals surface area contributed by atoms with Crippen LogP contribution in [0.25, 0.3) is 0 Å². The molecule has 0 saturated carbocycles. The molecule has 0 atom stereocenters. The van der Waals surface area contributed by atoms with Crippen molar-refractivity contribution >= 4 is 35.8 Å². The van der Waals surface area contributed by atoms with Crippen LogP contribution in [0.3, 0.4) is 0 Å². The molecule has 10 heteroatoms. The molecular weight excluding hydrogens is 537 g/mol.